The molecule has 20 heavy (non-hydrogen) atoms. The van der Waals surface area contributed by atoms with Gasteiger partial charge in [0.15, 0.2) is 0 Å². The normalized spacial score (nSPS) is 11.4. The third-order valence-corrected chi connectivity index (χ3v) is 2.16. The van der Waals surface area contributed by atoms with E-state index in [1.54, 1.807) is 36.4 Å². The van der Waals surface area contributed by atoms with E-state index in [0.717, 1.165) is 7.11 Å². The molecule has 1 aromatic rings. The van der Waals surface area contributed by atoms with Gasteiger partial charge in [-0.15, -0.1) is 0 Å². The van der Waals surface area contributed by atoms with Crippen LogP contribution in [0.2, 0.25) is 0 Å². The molecule has 7 nitrogen and oxygen atoms in total. The number of hydrogen-bond donors (Lipinski definition) is 2. The Kier molecular flexibility index (Phi) is 5.47. The molecule has 0 unspecified atom stereocenters. The standard InChI is InChI=1S/C13H12N4O3/c1-20-12(18)10(8-14)7-11(16-17-13(15)19)9-5-3-2-4-6-9/h2-7H,1H3,(H3,15,17,19)/b10-7+,16-11+. The van der Waals surface area contributed by atoms with Crippen LogP contribution in [0.15, 0.2) is 47.1 Å². The molecule has 2 amide bonds. The molecular weight excluding hydrogens is 260 g/mol. The number of ether oxygens (including phenoxy) is 1. The molecule has 0 spiro atoms. The predicted molar refractivity (Wildman–Crippen MR) is 71.4 cm³/mol. The molecule has 0 fully saturated rings. The van der Waals surface area contributed by atoms with E-state index >= 15 is 0 Å². The van der Waals surface area contributed by atoms with E-state index in [1.807, 2.05) is 0 Å². The highest BCUT2D eigenvalue weighted by Crippen LogP contribution is 2.06. The van der Waals surface area contributed by atoms with Gasteiger partial charge in [-0.2, -0.15) is 10.4 Å². The number of nitrogens with one attached hydrogen (secondary N) is 1. The van der Waals surface area contributed by atoms with Gasteiger partial charge in [0, 0.05) is 5.56 Å². The first kappa shape index (κ1) is 14.9. The molecule has 102 valence electrons. The van der Waals surface area contributed by atoms with E-state index in [2.05, 4.69) is 15.3 Å². The largest absolute Gasteiger partial charge is 0.465 e. The van der Waals surface area contributed by atoms with Crippen LogP contribution in [0.4, 0.5) is 4.79 Å². The fraction of sp³-hybridized carbons (Fsp3) is 0.0769. The minimum absolute atomic E-state index is 0.200. The number of allylic oxidation sites excluding steroid dienone is 1. The van der Waals surface area contributed by atoms with Gasteiger partial charge < -0.3 is 10.5 Å². The summed E-state index contributed by atoms with van der Waals surface area (Å²) in [5, 5.41) is 12.7. The number of nitrogens with two attached hydrogens (primary N) is 1. The van der Waals surface area contributed by atoms with Crippen molar-refractivity contribution in [1.82, 2.24) is 5.43 Å². The zero-order chi connectivity index (χ0) is 15.0. The van der Waals surface area contributed by atoms with Crippen molar-refractivity contribution in [3.05, 3.63) is 47.5 Å². The number of benzene rings is 1. The molecule has 0 aliphatic rings. The Labute approximate surface area is 115 Å². The molecule has 1 aromatic carbocycles. The maximum Gasteiger partial charge on any atom is 0.348 e. The topological polar surface area (TPSA) is 118 Å². The number of nitriles is 1. The zero-order valence-corrected chi connectivity index (χ0v) is 10.7. The van der Waals surface area contributed by atoms with Crippen LogP contribution in [-0.4, -0.2) is 24.8 Å². The maximum absolute atomic E-state index is 11.4. The summed E-state index contributed by atoms with van der Waals surface area (Å²) in [5.74, 6) is -0.796. The third-order valence-electron chi connectivity index (χ3n) is 2.16. The molecule has 0 radical (unpaired) electrons. The lowest BCUT2D eigenvalue weighted by Crippen LogP contribution is -2.25. The monoisotopic (exact) mass is 272 g/mol. The van der Waals surface area contributed by atoms with Crippen LogP contribution < -0.4 is 11.2 Å². The van der Waals surface area contributed by atoms with Crippen molar-refractivity contribution in [3.8, 4) is 6.07 Å². The molecule has 0 aliphatic carbocycles. The Balaban J connectivity index is 3.22. The molecular formula is C13H12N4O3. The van der Waals surface area contributed by atoms with Crippen molar-refractivity contribution in [2.75, 3.05) is 7.11 Å². The van der Waals surface area contributed by atoms with Gasteiger partial charge in [0.1, 0.15) is 11.6 Å². The van der Waals surface area contributed by atoms with Crippen molar-refractivity contribution in [2.24, 2.45) is 10.8 Å². The fourth-order valence-corrected chi connectivity index (χ4v) is 1.29. The van der Waals surface area contributed by atoms with Crippen molar-refractivity contribution in [2.45, 2.75) is 0 Å². The molecule has 3 N–H and O–H groups in total. The van der Waals surface area contributed by atoms with E-state index in [4.69, 9.17) is 11.0 Å². The first-order valence-electron chi connectivity index (χ1n) is 5.47. The van der Waals surface area contributed by atoms with Crippen LogP contribution >= 0.6 is 0 Å². The molecule has 0 aliphatic heterocycles. The van der Waals surface area contributed by atoms with Gasteiger partial charge in [-0.05, 0) is 6.08 Å². The summed E-state index contributed by atoms with van der Waals surface area (Å²) in [5.41, 5.74) is 7.53. The van der Waals surface area contributed by atoms with E-state index in [1.165, 1.54) is 6.08 Å². The number of amides is 2. The summed E-state index contributed by atoms with van der Waals surface area (Å²) in [7, 11) is 1.16. The smallest absolute Gasteiger partial charge is 0.348 e. The molecule has 7 heteroatoms. The molecule has 0 bridgehead atoms. The number of carbonyl (C=O) groups is 2. The highest BCUT2D eigenvalue weighted by atomic mass is 16.5. The predicted octanol–water partition coefficient (Wildman–Crippen LogP) is 0.682. The lowest BCUT2D eigenvalue weighted by atomic mass is 10.1. The second-order valence-corrected chi connectivity index (χ2v) is 3.50. The molecule has 0 saturated carbocycles. The first-order chi connectivity index (χ1) is 9.58. The van der Waals surface area contributed by atoms with Crippen LogP contribution in [0.25, 0.3) is 0 Å². The van der Waals surface area contributed by atoms with E-state index in [9.17, 15) is 9.59 Å². The molecule has 0 aromatic heterocycles. The summed E-state index contributed by atoms with van der Waals surface area (Å²) in [6, 6.07) is 9.52. The van der Waals surface area contributed by atoms with Crippen LogP contribution in [-0.2, 0) is 9.53 Å². The Morgan fingerprint density at radius 1 is 1.40 bits per heavy atom. The molecule has 0 atom stereocenters. The maximum atomic E-state index is 11.4. The quantitative estimate of drug-likeness (QED) is 0.275. The highest BCUT2D eigenvalue weighted by molar-refractivity contribution is 6.13. The number of esters is 1. The summed E-state index contributed by atoms with van der Waals surface area (Å²) >= 11 is 0. The van der Waals surface area contributed by atoms with E-state index in [0.29, 0.717) is 5.56 Å². The number of carbonyl (C=O) groups excluding carboxylic acids is 2. The zero-order valence-electron chi connectivity index (χ0n) is 10.7. The minimum Gasteiger partial charge on any atom is -0.465 e. The van der Waals surface area contributed by atoms with Crippen LogP contribution in [0, 0.1) is 11.3 Å². The lowest BCUT2D eigenvalue weighted by Gasteiger charge is -2.03. The summed E-state index contributed by atoms with van der Waals surface area (Å²) in [6.45, 7) is 0. The number of rotatable bonds is 4. The highest BCUT2D eigenvalue weighted by Gasteiger charge is 2.11. The number of hydrazone groups is 1. The Morgan fingerprint density at radius 2 is 2.05 bits per heavy atom. The minimum atomic E-state index is -0.858. The van der Waals surface area contributed by atoms with Gasteiger partial charge in [-0.3, -0.25) is 0 Å². The Morgan fingerprint density at radius 3 is 2.55 bits per heavy atom. The third kappa shape index (κ3) is 4.27. The van der Waals surface area contributed by atoms with Crippen molar-refractivity contribution in [1.29, 1.82) is 5.26 Å². The van der Waals surface area contributed by atoms with Gasteiger partial charge in [0.25, 0.3) is 0 Å². The van der Waals surface area contributed by atoms with Gasteiger partial charge in [-0.25, -0.2) is 15.0 Å². The van der Waals surface area contributed by atoms with Gasteiger partial charge >= 0.3 is 12.0 Å². The molecule has 0 saturated heterocycles. The summed E-state index contributed by atoms with van der Waals surface area (Å²) in [6.07, 6.45) is 1.21. The first-order valence-corrected chi connectivity index (χ1v) is 5.47. The van der Waals surface area contributed by atoms with Gasteiger partial charge in [0.05, 0.1) is 12.8 Å². The second-order valence-electron chi connectivity index (χ2n) is 3.50. The number of primary amides is 1. The molecule has 0 heterocycles. The Bertz CT molecular complexity index is 600. The van der Waals surface area contributed by atoms with Crippen molar-refractivity contribution < 1.29 is 14.3 Å². The lowest BCUT2D eigenvalue weighted by molar-refractivity contribution is -0.135. The number of hydrogen-bond acceptors (Lipinski definition) is 5. The molecule has 1 rings (SSSR count). The Hall–Kier alpha value is -3.14. The van der Waals surface area contributed by atoms with Crippen molar-refractivity contribution >= 4 is 17.7 Å². The fourth-order valence-electron chi connectivity index (χ4n) is 1.29. The number of methoxy groups -OCH3 is 1. The summed E-state index contributed by atoms with van der Waals surface area (Å²) < 4.78 is 4.47. The second kappa shape index (κ2) is 7.33. The average Bonchev–Trinajstić information content (AvgIpc) is 2.47. The summed E-state index contributed by atoms with van der Waals surface area (Å²) in [4.78, 5) is 22.1. The van der Waals surface area contributed by atoms with E-state index < -0.39 is 12.0 Å². The van der Waals surface area contributed by atoms with Crippen LogP contribution in [0.5, 0.6) is 0 Å². The van der Waals surface area contributed by atoms with E-state index in [-0.39, 0.29) is 11.3 Å². The van der Waals surface area contributed by atoms with Crippen LogP contribution in [0.3, 0.4) is 0 Å². The number of nitrogens with zero attached hydrogens (tertiary/aromatic N) is 2. The average molecular weight is 272 g/mol. The number of urea groups is 1. The van der Waals surface area contributed by atoms with Gasteiger partial charge in [-0.1, -0.05) is 30.3 Å². The van der Waals surface area contributed by atoms with Gasteiger partial charge in [0.2, 0.25) is 0 Å². The SMILES string of the molecule is COC(=O)/C(C#N)=C/C(=N\NC(N)=O)c1ccccc1. The van der Waals surface area contributed by atoms with Crippen molar-refractivity contribution in [3.63, 3.8) is 0 Å². The van der Waals surface area contributed by atoms with Crippen LogP contribution in [0.1, 0.15) is 5.56 Å².